The van der Waals surface area contributed by atoms with Gasteiger partial charge in [-0.05, 0) is 29.9 Å². The van der Waals surface area contributed by atoms with Crippen molar-refractivity contribution in [1.82, 2.24) is 20.2 Å². The number of hydrogen-bond acceptors (Lipinski definition) is 4. The largest absolute Gasteiger partial charge is 0.369 e. The number of nitrogens with one attached hydrogen (secondary N) is 2. The molecule has 108 valence electrons. The van der Waals surface area contributed by atoms with Crippen LogP contribution in [0.2, 0.25) is 5.28 Å². The molecule has 0 radical (unpaired) electrons. The molecule has 2 N–H and O–H groups in total. The van der Waals surface area contributed by atoms with Crippen LogP contribution in [0.15, 0.2) is 6.20 Å². The van der Waals surface area contributed by atoms with Crippen LogP contribution in [0.5, 0.6) is 0 Å². The van der Waals surface area contributed by atoms with Gasteiger partial charge in [-0.3, -0.25) is 5.10 Å². The van der Waals surface area contributed by atoms with Gasteiger partial charge in [0.15, 0.2) is 5.65 Å². The van der Waals surface area contributed by atoms with E-state index < -0.39 is 0 Å². The summed E-state index contributed by atoms with van der Waals surface area (Å²) in [6.07, 6.45) is 8.37. The van der Waals surface area contributed by atoms with E-state index in [1.807, 2.05) is 0 Å². The molecule has 0 bridgehead atoms. The van der Waals surface area contributed by atoms with Crippen molar-refractivity contribution in [3.8, 4) is 0 Å². The Morgan fingerprint density at radius 3 is 2.90 bits per heavy atom. The van der Waals surface area contributed by atoms with Crippen molar-refractivity contribution >= 4 is 28.5 Å². The van der Waals surface area contributed by atoms with E-state index in [1.54, 1.807) is 6.20 Å². The first kappa shape index (κ1) is 13.6. The van der Waals surface area contributed by atoms with Gasteiger partial charge in [0.2, 0.25) is 5.28 Å². The number of nitrogens with zero attached hydrogens (tertiary/aromatic N) is 3. The maximum absolute atomic E-state index is 5.91. The Hall–Kier alpha value is -1.36. The van der Waals surface area contributed by atoms with E-state index in [0.29, 0.717) is 5.65 Å². The van der Waals surface area contributed by atoms with E-state index >= 15 is 0 Å². The predicted octanol–water partition coefficient (Wildman–Crippen LogP) is 3.63. The molecule has 3 rings (SSSR count). The third-order valence-corrected chi connectivity index (χ3v) is 4.43. The number of anilines is 1. The quantitative estimate of drug-likeness (QED) is 0.845. The molecule has 2 aromatic heterocycles. The third kappa shape index (κ3) is 3.03. The fourth-order valence-electron chi connectivity index (χ4n) is 2.95. The average molecular weight is 294 g/mol. The number of rotatable bonds is 4. The van der Waals surface area contributed by atoms with Crippen LogP contribution in [0.3, 0.4) is 0 Å². The first-order chi connectivity index (χ1) is 9.72. The van der Waals surface area contributed by atoms with Crippen LogP contribution in [0.1, 0.15) is 39.0 Å². The Bertz CT molecular complexity index is 574. The Morgan fingerprint density at radius 1 is 1.30 bits per heavy atom. The van der Waals surface area contributed by atoms with E-state index in [9.17, 15) is 0 Å². The third-order valence-electron chi connectivity index (χ3n) is 4.26. The molecule has 2 aromatic rings. The zero-order valence-electron chi connectivity index (χ0n) is 11.7. The van der Waals surface area contributed by atoms with Gasteiger partial charge in [-0.15, -0.1) is 0 Å². The topological polar surface area (TPSA) is 66.5 Å². The predicted molar refractivity (Wildman–Crippen MR) is 80.9 cm³/mol. The SMILES string of the molecule is CC1CCC(CCNc2nc(Cl)nc3[nH]ncc23)CC1. The highest BCUT2D eigenvalue weighted by Crippen LogP contribution is 2.30. The van der Waals surface area contributed by atoms with Crippen molar-refractivity contribution in [2.45, 2.75) is 39.0 Å². The minimum atomic E-state index is 0.246. The molecule has 1 fully saturated rings. The van der Waals surface area contributed by atoms with Crippen LogP contribution < -0.4 is 5.32 Å². The standard InChI is InChI=1S/C14H20ClN5/c1-9-2-4-10(5-3-9)6-7-16-12-11-8-17-20-13(11)19-14(15)18-12/h8-10H,2-7H2,1H3,(H2,16,17,18,19,20). The molecule has 1 aliphatic rings. The van der Waals surface area contributed by atoms with Crippen molar-refractivity contribution in [3.05, 3.63) is 11.5 Å². The number of halogens is 1. The lowest BCUT2D eigenvalue weighted by molar-refractivity contribution is 0.282. The van der Waals surface area contributed by atoms with Crippen molar-refractivity contribution in [1.29, 1.82) is 0 Å². The highest BCUT2D eigenvalue weighted by Gasteiger charge is 2.18. The molecule has 0 atom stereocenters. The molecule has 1 saturated carbocycles. The molecule has 0 saturated heterocycles. The molecular formula is C14H20ClN5. The van der Waals surface area contributed by atoms with Crippen molar-refractivity contribution in [3.63, 3.8) is 0 Å². The van der Waals surface area contributed by atoms with Gasteiger partial charge in [0.1, 0.15) is 5.82 Å². The van der Waals surface area contributed by atoms with E-state index in [2.05, 4.69) is 32.4 Å². The molecule has 6 heteroatoms. The van der Waals surface area contributed by atoms with E-state index in [4.69, 9.17) is 11.6 Å². The molecule has 0 amide bonds. The zero-order chi connectivity index (χ0) is 13.9. The Labute approximate surface area is 123 Å². The van der Waals surface area contributed by atoms with E-state index in [1.165, 1.54) is 32.1 Å². The van der Waals surface area contributed by atoms with Gasteiger partial charge in [0.05, 0.1) is 11.6 Å². The van der Waals surface area contributed by atoms with Crippen molar-refractivity contribution in [2.75, 3.05) is 11.9 Å². The van der Waals surface area contributed by atoms with Gasteiger partial charge < -0.3 is 5.32 Å². The highest BCUT2D eigenvalue weighted by molar-refractivity contribution is 6.28. The molecule has 0 unspecified atom stereocenters. The van der Waals surface area contributed by atoms with Crippen LogP contribution in [0, 0.1) is 11.8 Å². The number of fused-ring (bicyclic) bond motifs is 1. The summed E-state index contributed by atoms with van der Waals surface area (Å²) in [7, 11) is 0. The molecule has 1 aliphatic carbocycles. The summed E-state index contributed by atoms with van der Waals surface area (Å²) >= 11 is 5.91. The lowest BCUT2D eigenvalue weighted by Crippen LogP contribution is -2.16. The Balaban J connectivity index is 1.58. The van der Waals surface area contributed by atoms with Crippen LogP contribution in [-0.4, -0.2) is 26.7 Å². The number of hydrogen-bond donors (Lipinski definition) is 2. The van der Waals surface area contributed by atoms with Gasteiger partial charge in [-0.2, -0.15) is 15.1 Å². The fraction of sp³-hybridized carbons (Fsp3) is 0.643. The van der Waals surface area contributed by atoms with Gasteiger partial charge >= 0.3 is 0 Å². The van der Waals surface area contributed by atoms with Crippen molar-refractivity contribution < 1.29 is 0 Å². The normalized spacial score (nSPS) is 23.1. The number of H-pyrrole nitrogens is 1. The summed E-state index contributed by atoms with van der Waals surface area (Å²) in [6.45, 7) is 3.28. The fourth-order valence-corrected chi connectivity index (χ4v) is 3.12. The Kier molecular flexibility index (Phi) is 4.05. The minimum Gasteiger partial charge on any atom is -0.369 e. The molecule has 0 aromatic carbocycles. The second-order valence-electron chi connectivity index (χ2n) is 5.81. The molecular weight excluding hydrogens is 274 g/mol. The molecule has 20 heavy (non-hydrogen) atoms. The van der Waals surface area contributed by atoms with Crippen molar-refractivity contribution in [2.24, 2.45) is 11.8 Å². The van der Waals surface area contributed by atoms with E-state index in [0.717, 1.165) is 29.6 Å². The summed E-state index contributed by atoms with van der Waals surface area (Å²) in [4.78, 5) is 8.35. The summed E-state index contributed by atoms with van der Waals surface area (Å²) in [6, 6.07) is 0. The maximum Gasteiger partial charge on any atom is 0.226 e. The number of aromatic nitrogens is 4. The van der Waals surface area contributed by atoms with Gasteiger partial charge in [0.25, 0.3) is 0 Å². The van der Waals surface area contributed by atoms with Crippen LogP contribution in [-0.2, 0) is 0 Å². The summed E-state index contributed by atoms with van der Waals surface area (Å²) in [5.74, 6) is 2.53. The first-order valence-corrected chi connectivity index (χ1v) is 7.70. The van der Waals surface area contributed by atoms with E-state index in [-0.39, 0.29) is 5.28 Å². The zero-order valence-corrected chi connectivity index (χ0v) is 12.5. The first-order valence-electron chi connectivity index (χ1n) is 7.33. The Morgan fingerprint density at radius 2 is 2.10 bits per heavy atom. The lowest BCUT2D eigenvalue weighted by Gasteiger charge is -2.26. The monoisotopic (exact) mass is 293 g/mol. The molecule has 2 heterocycles. The molecule has 0 spiro atoms. The molecule has 5 nitrogen and oxygen atoms in total. The van der Waals surface area contributed by atoms with Crippen LogP contribution in [0.25, 0.3) is 11.0 Å². The summed E-state index contributed by atoms with van der Waals surface area (Å²) in [5, 5.41) is 11.3. The number of aromatic amines is 1. The van der Waals surface area contributed by atoms with Gasteiger partial charge in [0, 0.05) is 6.54 Å². The van der Waals surface area contributed by atoms with Crippen LogP contribution >= 0.6 is 11.6 Å². The second-order valence-corrected chi connectivity index (χ2v) is 6.15. The summed E-state index contributed by atoms with van der Waals surface area (Å²) in [5.41, 5.74) is 0.680. The van der Waals surface area contributed by atoms with Gasteiger partial charge in [-0.25, -0.2) is 0 Å². The highest BCUT2D eigenvalue weighted by atomic mass is 35.5. The second kappa shape index (κ2) is 5.95. The van der Waals surface area contributed by atoms with Gasteiger partial charge in [-0.1, -0.05) is 32.6 Å². The van der Waals surface area contributed by atoms with Crippen LogP contribution in [0.4, 0.5) is 5.82 Å². The average Bonchev–Trinajstić information content (AvgIpc) is 2.89. The lowest BCUT2D eigenvalue weighted by atomic mass is 9.81. The summed E-state index contributed by atoms with van der Waals surface area (Å²) < 4.78 is 0. The molecule has 0 aliphatic heterocycles. The maximum atomic E-state index is 5.91. The smallest absolute Gasteiger partial charge is 0.226 e. The minimum absolute atomic E-state index is 0.246.